The smallest absolute Gasteiger partial charge is 0.354 e. The third-order valence-electron chi connectivity index (χ3n) is 5.25. The van der Waals surface area contributed by atoms with Crippen molar-refractivity contribution < 1.29 is 31.9 Å². The Labute approximate surface area is 177 Å². The second-order valence-corrected chi connectivity index (χ2v) is 9.60. The molecule has 10 nitrogen and oxygen atoms in total. The van der Waals surface area contributed by atoms with Gasteiger partial charge in [-0.3, -0.25) is 4.79 Å². The maximum Gasteiger partial charge on any atom is 0.354 e. The van der Waals surface area contributed by atoms with E-state index in [2.05, 4.69) is 5.10 Å². The maximum absolute atomic E-state index is 12.6. The molecule has 0 unspecified atom stereocenters. The standard InChI is InChI=1S/C20H20N2O8S/c1-28-14-2-3-15-12(8-19(24)30-17(15)9-14)10-29-20(25)16-4-5-18(23)22(21-16)13-6-7-31(26,27)11-13/h2-3,8-9,13H,4-7,10-11H2,1H3/t13-/m0/s1. The molecule has 0 bridgehead atoms. The number of hydrogen-bond donors (Lipinski definition) is 0. The summed E-state index contributed by atoms with van der Waals surface area (Å²) >= 11 is 0. The molecule has 1 saturated heterocycles. The Bertz CT molecular complexity index is 1250. The number of hydrogen-bond acceptors (Lipinski definition) is 9. The van der Waals surface area contributed by atoms with Gasteiger partial charge in [-0.1, -0.05) is 0 Å². The molecule has 1 atom stereocenters. The second kappa shape index (κ2) is 8.14. The molecule has 4 rings (SSSR count). The SMILES string of the molecule is COc1ccc2c(COC(=O)C3=NN([C@H]4CCS(=O)(=O)C4)C(=O)CC3)cc(=O)oc2c1. The molecule has 2 aromatic rings. The fourth-order valence-electron chi connectivity index (χ4n) is 3.66. The summed E-state index contributed by atoms with van der Waals surface area (Å²) in [5.41, 5.74) is 0.194. The fraction of sp³-hybridized carbons (Fsp3) is 0.400. The molecular weight excluding hydrogens is 428 g/mol. The summed E-state index contributed by atoms with van der Waals surface area (Å²) in [6.07, 6.45) is 0.430. The number of fused-ring (bicyclic) bond motifs is 1. The molecule has 31 heavy (non-hydrogen) atoms. The van der Waals surface area contributed by atoms with Crippen molar-refractivity contribution in [3.8, 4) is 5.75 Å². The van der Waals surface area contributed by atoms with Crippen LogP contribution in [0.4, 0.5) is 0 Å². The minimum Gasteiger partial charge on any atom is -0.497 e. The topological polar surface area (TPSA) is 133 Å². The van der Waals surface area contributed by atoms with Crippen molar-refractivity contribution in [2.24, 2.45) is 5.10 Å². The number of benzene rings is 1. The van der Waals surface area contributed by atoms with Crippen LogP contribution in [-0.4, -0.2) is 55.7 Å². The zero-order chi connectivity index (χ0) is 22.2. The summed E-state index contributed by atoms with van der Waals surface area (Å²) in [7, 11) is -1.72. The van der Waals surface area contributed by atoms with Crippen LogP contribution in [0.3, 0.4) is 0 Å². The molecule has 0 aliphatic carbocycles. The molecule has 0 saturated carbocycles. The normalized spacial score (nSPS) is 20.5. The lowest BCUT2D eigenvalue weighted by atomic mass is 10.1. The van der Waals surface area contributed by atoms with Crippen molar-refractivity contribution in [3.05, 3.63) is 40.2 Å². The summed E-state index contributed by atoms with van der Waals surface area (Å²) in [5, 5.41) is 5.78. The number of sulfone groups is 1. The highest BCUT2D eigenvalue weighted by Gasteiger charge is 2.37. The van der Waals surface area contributed by atoms with Gasteiger partial charge in [0, 0.05) is 35.9 Å². The van der Waals surface area contributed by atoms with Crippen LogP contribution in [0.15, 0.2) is 38.6 Å². The van der Waals surface area contributed by atoms with Crippen LogP contribution in [0.2, 0.25) is 0 Å². The Kier molecular flexibility index (Phi) is 5.52. The van der Waals surface area contributed by atoms with Crippen LogP contribution in [0.5, 0.6) is 5.75 Å². The summed E-state index contributed by atoms with van der Waals surface area (Å²) in [6, 6.07) is 5.62. The molecule has 0 spiro atoms. The van der Waals surface area contributed by atoms with E-state index in [9.17, 15) is 22.8 Å². The Morgan fingerprint density at radius 2 is 2.06 bits per heavy atom. The van der Waals surface area contributed by atoms with Crippen LogP contribution in [0, 0.1) is 0 Å². The number of nitrogens with zero attached hydrogens (tertiary/aromatic N) is 2. The van der Waals surface area contributed by atoms with E-state index in [0.29, 0.717) is 22.3 Å². The molecule has 2 aliphatic heterocycles. The summed E-state index contributed by atoms with van der Waals surface area (Å²) in [6.45, 7) is -0.196. The number of ether oxygens (including phenoxy) is 2. The number of hydrazone groups is 1. The number of methoxy groups -OCH3 is 1. The molecule has 11 heteroatoms. The van der Waals surface area contributed by atoms with Gasteiger partial charge in [-0.2, -0.15) is 5.10 Å². The van der Waals surface area contributed by atoms with Gasteiger partial charge in [0.15, 0.2) is 9.84 Å². The van der Waals surface area contributed by atoms with Crippen molar-refractivity contribution in [2.45, 2.75) is 31.9 Å². The molecule has 0 radical (unpaired) electrons. The van der Waals surface area contributed by atoms with E-state index in [-0.39, 0.29) is 49.0 Å². The van der Waals surface area contributed by atoms with Crippen molar-refractivity contribution in [1.29, 1.82) is 0 Å². The van der Waals surface area contributed by atoms with Gasteiger partial charge in [0.25, 0.3) is 0 Å². The lowest BCUT2D eigenvalue weighted by molar-refractivity contribution is -0.138. The van der Waals surface area contributed by atoms with Gasteiger partial charge in [-0.25, -0.2) is 23.0 Å². The number of amides is 1. The fourth-order valence-corrected chi connectivity index (χ4v) is 5.35. The minimum atomic E-state index is -3.21. The van der Waals surface area contributed by atoms with Crippen LogP contribution >= 0.6 is 0 Å². The first kappa shape index (κ1) is 21.0. The van der Waals surface area contributed by atoms with Crippen LogP contribution < -0.4 is 10.4 Å². The predicted molar refractivity (Wildman–Crippen MR) is 109 cm³/mol. The monoisotopic (exact) mass is 448 g/mol. The van der Waals surface area contributed by atoms with Gasteiger partial charge in [0.05, 0.1) is 24.7 Å². The third kappa shape index (κ3) is 4.46. The molecule has 1 amide bonds. The minimum absolute atomic E-state index is 0.00873. The third-order valence-corrected chi connectivity index (χ3v) is 7.00. The Balaban J connectivity index is 1.51. The number of esters is 1. The van der Waals surface area contributed by atoms with E-state index in [0.717, 1.165) is 5.01 Å². The average Bonchev–Trinajstić information content (AvgIpc) is 3.10. The highest BCUT2D eigenvalue weighted by Crippen LogP contribution is 2.24. The largest absolute Gasteiger partial charge is 0.497 e. The highest BCUT2D eigenvalue weighted by atomic mass is 32.2. The molecule has 1 fully saturated rings. The van der Waals surface area contributed by atoms with Crippen molar-refractivity contribution in [3.63, 3.8) is 0 Å². The highest BCUT2D eigenvalue weighted by molar-refractivity contribution is 7.91. The molecular formula is C20H20N2O8S. The maximum atomic E-state index is 12.6. The van der Waals surface area contributed by atoms with E-state index in [1.165, 1.54) is 13.2 Å². The first-order valence-electron chi connectivity index (χ1n) is 9.63. The van der Waals surface area contributed by atoms with Crippen LogP contribution in [0.25, 0.3) is 11.0 Å². The quantitative estimate of drug-likeness (QED) is 0.489. The van der Waals surface area contributed by atoms with Crippen LogP contribution in [0.1, 0.15) is 24.8 Å². The number of carbonyl (C=O) groups is 2. The molecule has 2 aliphatic rings. The molecule has 1 aromatic carbocycles. The molecule has 0 N–H and O–H groups in total. The Morgan fingerprint density at radius 3 is 2.77 bits per heavy atom. The van der Waals surface area contributed by atoms with Gasteiger partial charge in [-0.05, 0) is 18.6 Å². The van der Waals surface area contributed by atoms with Gasteiger partial charge in [0.2, 0.25) is 5.91 Å². The first-order chi connectivity index (χ1) is 14.8. The van der Waals surface area contributed by atoms with Crippen molar-refractivity contribution in [1.82, 2.24) is 5.01 Å². The van der Waals surface area contributed by atoms with E-state index < -0.39 is 27.5 Å². The molecule has 3 heterocycles. The molecule has 164 valence electrons. The van der Waals surface area contributed by atoms with E-state index in [4.69, 9.17) is 13.9 Å². The van der Waals surface area contributed by atoms with Crippen molar-refractivity contribution >= 4 is 38.4 Å². The van der Waals surface area contributed by atoms with Gasteiger partial charge >= 0.3 is 11.6 Å². The summed E-state index contributed by atoms with van der Waals surface area (Å²) in [5.74, 6) is -0.710. The van der Waals surface area contributed by atoms with E-state index in [1.54, 1.807) is 18.2 Å². The van der Waals surface area contributed by atoms with Gasteiger partial charge < -0.3 is 13.9 Å². The molecule has 1 aromatic heterocycles. The Hall–Kier alpha value is -3.21. The number of rotatable bonds is 5. The van der Waals surface area contributed by atoms with E-state index in [1.807, 2.05) is 0 Å². The van der Waals surface area contributed by atoms with Crippen LogP contribution in [-0.2, 0) is 30.8 Å². The first-order valence-corrected chi connectivity index (χ1v) is 11.5. The zero-order valence-electron chi connectivity index (χ0n) is 16.7. The average molecular weight is 448 g/mol. The second-order valence-electron chi connectivity index (χ2n) is 7.37. The van der Waals surface area contributed by atoms with E-state index >= 15 is 0 Å². The summed E-state index contributed by atoms with van der Waals surface area (Å²) < 4.78 is 39.1. The van der Waals surface area contributed by atoms with Gasteiger partial charge in [0.1, 0.15) is 23.7 Å². The Morgan fingerprint density at radius 1 is 1.26 bits per heavy atom. The van der Waals surface area contributed by atoms with Gasteiger partial charge in [-0.15, -0.1) is 0 Å². The van der Waals surface area contributed by atoms with Crippen molar-refractivity contribution in [2.75, 3.05) is 18.6 Å². The lowest BCUT2D eigenvalue weighted by Gasteiger charge is -2.27. The summed E-state index contributed by atoms with van der Waals surface area (Å²) in [4.78, 5) is 36.6. The predicted octanol–water partition coefficient (Wildman–Crippen LogP) is 1.01. The zero-order valence-corrected chi connectivity index (χ0v) is 17.5. The number of carbonyl (C=O) groups excluding carboxylic acids is 2. The lowest BCUT2D eigenvalue weighted by Crippen LogP contribution is -2.42.